The summed E-state index contributed by atoms with van der Waals surface area (Å²) in [6.45, 7) is 2.26. The summed E-state index contributed by atoms with van der Waals surface area (Å²) in [4.78, 5) is 16.7. The number of carbonyl (C=O) groups excluding carboxylic acids is 1. The van der Waals surface area contributed by atoms with Crippen molar-refractivity contribution in [2.24, 2.45) is 5.92 Å². The summed E-state index contributed by atoms with van der Waals surface area (Å²) in [7, 11) is -2.40. The molecule has 34 heavy (non-hydrogen) atoms. The number of nitrogens with zero attached hydrogens (tertiary/aromatic N) is 2. The van der Waals surface area contributed by atoms with E-state index in [1.54, 1.807) is 17.6 Å². The Hall–Kier alpha value is -3.27. The lowest BCUT2D eigenvalue weighted by atomic mass is 9.88. The number of carbonyl (C=O) groups is 1. The molecule has 0 aliphatic heterocycles. The summed E-state index contributed by atoms with van der Waals surface area (Å²) in [5, 5.41) is 10.0. The number of sulfonamides is 1. The highest BCUT2D eigenvalue weighted by molar-refractivity contribution is 7.89. The Balaban J connectivity index is 1.50. The lowest BCUT2D eigenvalue weighted by Gasteiger charge is -2.33. The van der Waals surface area contributed by atoms with Crippen molar-refractivity contribution in [3.05, 3.63) is 78.0 Å². The first-order valence-corrected chi connectivity index (χ1v) is 12.4. The predicted molar refractivity (Wildman–Crippen MR) is 128 cm³/mol. The van der Waals surface area contributed by atoms with Crippen LogP contribution in [-0.2, 0) is 21.4 Å². The number of hydrogen-bond donors (Lipinski definition) is 2. The summed E-state index contributed by atoms with van der Waals surface area (Å²) >= 11 is 0. The Kier molecular flexibility index (Phi) is 6.97. The van der Waals surface area contributed by atoms with Crippen LogP contribution >= 0.6 is 0 Å². The third kappa shape index (κ3) is 4.82. The normalized spacial score (nSPS) is 18.2. The quantitative estimate of drug-likeness (QED) is 0.303. The molecule has 0 fully saturated rings. The van der Waals surface area contributed by atoms with Crippen molar-refractivity contribution in [3.63, 3.8) is 0 Å². The Labute approximate surface area is 198 Å². The minimum Gasteiger partial charge on any atom is -0.489 e. The summed E-state index contributed by atoms with van der Waals surface area (Å²) in [5.74, 6) is -0.728. The SMILES string of the molecule is Cc1cc(COc2ccc(S(=O)(=O)N(C)[C@@H]3CC=CC[C@@H]3C(=O)NO)cc2)c2ccccc2n1. The smallest absolute Gasteiger partial charge is 0.248 e. The molecule has 4 rings (SSSR count). The summed E-state index contributed by atoms with van der Waals surface area (Å²) in [6, 6.07) is 15.5. The second-order valence-corrected chi connectivity index (χ2v) is 10.3. The molecule has 1 aromatic heterocycles. The van der Waals surface area contributed by atoms with Crippen LogP contribution in [0.2, 0.25) is 0 Å². The molecular weight excluding hydrogens is 454 g/mol. The molecule has 2 N–H and O–H groups in total. The number of hydrogen-bond acceptors (Lipinski definition) is 6. The highest BCUT2D eigenvalue weighted by atomic mass is 32.2. The fourth-order valence-corrected chi connectivity index (χ4v) is 5.70. The monoisotopic (exact) mass is 481 g/mol. The van der Waals surface area contributed by atoms with E-state index in [2.05, 4.69) is 4.98 Å². The van der Waals surface area contributed by atoms with Gasteiger partial charge in [-0.3, -0.25) is 15.0 Å². The standard InChI is InChI=1S/C25H27N3O5S/c1-17-15-18(21-7-3-5-9-23(21)26-17)16-33-19-11-13-20(14-12-19)34(31,32)28(2)24-10-6-4-8-22(24)25(29)27-30/h3-7,9,11-15,22,24,30H,8,10,16H2,1-2H3,(H,27,29)/t22-,24+/m0/s1. The molecule has 178 valence electrons. The minimum absolute atomic E-state index is 0.102. The van der Waals surface area contributed by atoms with E-state index in [1.165, 1.54) is 23.5 Å². The van der Waals surface area contributed by atoms with Crippen molar-refractivity contribution in [1.29, 1.82) is 0 Å². The number of rotatable bonds is 7. The number of para-hydroxylation sites is 1. The van der Waals surface area contributed by atoms with Gasteiger partial charge in [0, 0.05) is 29.7 Å². The van der Waals surface area contributed by atoms with Gasteiger partial charge in [-0.15, -0.1) is 0 Å². The third-order valence-corrected chi connectivity index (χ3v) is 8.03. The Morgan fingerprint density at radius 3 is 2.59 bits per heavy atom. The van der Waals surface area contributed by atoms with E-state index in [9.17, 15) is 13.2 Å². The Morgan fingerprint density at radius 2 is 1.85 bits per heavy atom. The number of allylic oxidation sites excluding steroid dienone is 1. The minimum atomic E-state index is -3.86. The van der Waals surface area contributed by atoms with E-state index in [4.69, 9.17) is 9.94 Å². The van der Waals surface area contributed by atoms with Crippen LogP contribution in [0.5, 0.6) is 5.75 Å². The average Bonchev–Trinajstić information content (AvgIpc) is 2.86. The number of nitrogens with one attached hydrogen (secondary N) is 1. The van der Waals surface area contributed by atoms with Crippen molar-refractivity contribution >= 4 is 26.8 Å². The number of pyridine rings is 1. The predicted octanol–water partition coefficient (Wildman–Crippen LogP) is 3.58. The van der Waals surface area contributed by atoms with E-state index in [0.717, 1.165) is 22.2 Å². The van der Waals surface area contributed by atoms with Crippen molar-refractivity contribution < 1.29 is 23.2 Å². The van der Waals surface area contributed by atoms with Gasteiger partial charge in [0.1, 0.15) is 12.4 Å². The van der Waals surface area contributed by atoms with Crippen molar-refractivity contribution in [2.75, 3.05) is 7.05 Å². The van der Waals surface area contributed by atoms with Crippen LogP contribution in [0.15, 0.2) is 71.6 Å². The number of benzene rings is 2. The zero-order valence-corrected chi connectivity index (χ0v) is 19.8. The molecule has 1 heterocycles. The molecular formula is C25H27N3O5S. The fourth-order valence-electron chi connectivity index (χ4n) is 4.29. The fraction of sp³-hybridized carbons (Fsp3) is 0.280. The van der Waals surface area contributed by atoms with Crippen LogP contribution in [0.1, 0.15) is 24.1 Å². The molecule has 2 aromatic carbocycles. The van der Waals surface area contributed by atoms with Crippen molar-refractivity contribution in [3.8, 4) is 5.75 Å². The Bertz CT molecular complexity index is 1320. The van der Waals surface area contributed by atoms with Gasteiger partial charge in [0.15, 0.2) is 0 Å². The van der Waals surface area contributed by atoms with E-state index >= 15 is 0 Å². The highest BCUT2D eigenvalue weighted by Crippen LogP contribution is 2.29. The van der Waals surface area contributed by atoms with Gasteiger partial charge in [0.05, 0.1) is 16.3 Å². The molecule has 0 saturated heterocycles. The maximum absolute atomic E-state index is 13.2. The molecule has 3 aromatic rings. The van der Waals surface area contributed by atoms with E-state index in [1.807, 2.05) is 49.4 Å². The first-order chi connectivity index (χ1) is 16.3. The molecule has 1 amide bonds. The number of aryl methyl sites for hydroxylation is 1. The topological polar surface area (TPSA) is 109 Å². The van der Waals surface area contributed by atoms with Gasteiger partial charge in [0.25, 0.3) is 0 Å². The van der Waals surface area contributed by atoms with Gasteiger partial charge in [-0.05, 0) is 56.2 Å². The number of aromatic nitrogens is 1. The molecule has 1 aliphatic rings. The second-order valence-electron chi connectivity index (χ2n) is 8.31. The summed E-state index contributed by atoms with van der Waals surface area (Å²) < 4.78 is 33.6. The van der Waals surface area contributed by atoms with Crippen molar-refractivity contribution in [2.45, 2.75) is 37.3 Å². The molecule has 0 spiro atoms. The number of fused-ring (bicyclic) bond motifs is 1. The van der Waals surface area contributed by atoms with E-state index in [-0.39, 0.29) is 4.90 Å². The van der Waals surface area contributed by atoms with Crippen LogP contribution < -0.4 is 10.2 Å². The molecule has 2 atom stereocenters. The maximum atomic E-state index is 13.2. The molecule has 0 saturated carbocycles. The van der Waals surface area contributed by atoms with Crippen LogP contribution in [0.25, 0.3) is 10.9 Å². The van der Waals surface area contributed by atoms with Gasteiger partial charge in [0.2, 0.25) is 15.9 Å². The van der Waals surface area contributed by atoms with Gasteiger partial charge in [-0.1, -0.05) is 30.4 Å². The van der Waals surface area contributed by atoms with Crippen LogP contribution in [0.4, 0.5) is 0 Å². The lowest BCUT2D eigenvalue weighted by Crippen LogP contribution is -2.47. The first kappa shape index (κ1) is 23.9. The number of amides is 1. The van der Waals surface area contributed by atoms with Gasteiger partial charge in [-0.2, -0.15) is 4.31 Å². The molecule has 8 nitrogen and oxygen atoms in total. The van der Waals surface area contributed by atoms with Crippen LogP contribution in [0, 0.1) is 12.8 Å². The molecule has 0 bridgehead atoms. The Morgan fingerprint density at radius 1 is 1.15 bits per heavy atom. The zero-order chi connectivity index (χ0) is 24.3. The summed E-state index contributed by atoms with van der Waals surface area (Å²) in [5.41, 5.74) is 4.44. The number of hydroxylamine groups is 1. The molecule has 0 unspecified atom stereocenters. The largest absolute Gasteiger partial charge is 0.489 e. The third-order valence-electron chi connectivity index (χ3n) is 6.14. The second kappa shape index (κ2) is 9.92. The zero-order valence-electron chi connectivity index (χ0n) is 19.0. The van der Waals surface area contributed by atoms with Crippen LogP contribution in [-0.4, -0.2) is 41.9 Å². The number of ether oxygens (including phenoxy) is 1. The van der Waals surface area contributed by atoms with Gasteiger partial charge >= 0.3 is 0 Å². The van der Waals surface area contributed by atoms with E-state index < -0.39 is 27.9 Å². The van der Waals surface area contributed by atoms with Crippen LogP contribution in [0.3, 0.4) is 0 Å². The first-order valence-electron chi connectivity index (χ1n) is 11.0. The molecule has 0 radical (unpaired) electrons. The van der Waals surface area contributed by atoms with Gasteiger partial charge in [-0.25, -0.2) is 13.9 Å². The summed E-state index contributed by atoms with van der Waals surface area (Å²) in [6.07, 6.45) is 4.40. The van der Waals surface area contributed by atoms with E-state index in [0.29, 0.717) is 25.2 Å². The maximum Gasteiger partial charge on any atom is 0.248 e. The lowest BCUT2D eigenvalue weighted by molar-refractivity contribution is -0.135. The molecule has 9 heteroatoms. The highest BCUT2D eigenvalue weighted by Gasteiger charge is 2.37. The molecule has 1 aliphatic carbocycles. The van der Waals surface area contributed by atoms with Crippen molar-refractivity contribution in [1.82, 2.24) is 14.8 Å². The van der Waals surface area contributed by atoms with Gasteiger partial charge < -0.3 is 4.74 Å². The average molecular weight is 482 g/mol.